The molecule has 0 saturated heterocycles. The zero-order valence-electron chi connectivity index (χ0n) is 17.9. The van der Waals surface area contributed by atoms with Crippen molar-refractivity contribution in [1.29, 1.82) is 0 Å². The maximum atomic E-state index is 13.7. The number of anilines is 2. The molecule has 0 spiro atoms. The van der Waals surface area contributed by atoms with Gasteiger partial charge in [-0.15, -0.1) is 0 Å². The van der Waals surface area contributed by atoms with Crippen LogP contribution in [0.25, 0.3) is 0 Å². The average molecular weight is 476 g/mol. The Morgan fingerprint density at radius 3 is 2.26 bits per heavy atom. The molecule has 0 fully saturated rings. The molecule has 1 aliphatic heterocycles. The zero-order chi connectivity index (χ0) is 22.4. The number of amides is 1. The molecule has 2 atom stereocenters. The zero-order valence-corrected chi connectivity index (χ0v) is 18.7. The summed E-state index contributed by atoms with van der Waals surface area (Å²) in [5.74, 6) is 0.956. The van der Waals surface area contributed by atoms with Crippen LogP contribution in [0.15, 0.2) is 104 Å². The number of ketones is 1. The van der Waals surface area contributed by atoms with Crippen molar-refractivity contribution in [2.24, 2.45) is 0 Å². The molecule has 34 heavy (non-hydrogen) atoms. The van der Waals surface area contributed by atoms with Gasteiger partial charge in [0.05, 0.1) is 30.2 Å². The number of nitrogens with one attached hydrogen (secondary N) is 1. The number of furan rings is 3. The third-order valence-electron chi connectivity index (χ3n) is 6.20. The topological polar surface area (TPSA) is 88.8 Å². The van der Waals surface area contributed by atoms with Crippen molar-refractivity contribution in [2.75, 3.05) is 10.2 Å². The van der Waals surface area contributed by atoms with Crippen molar-refractivity contribution >= 4 is 23.1 Å². The van der Waals surface area contributed by atoms with Crippen molar-refractivity contribution in [1.82, 2.24) is 0 Å². The number of hydrogen-bond donors (Lipinski definition) is 1. The molecule has 2 unspecified atom stereocenters. The highest BCUT2D eigenvalue weighted by molar-refractivity contribution is 6.10. The van der Waals surface area contributed by atoms with Crippen LogP contribution in [-0.4, -0.2) is 11.7 Å². The van der Waals surface area contributed by atoms with Gasteiger partial charge < -0.3 is 31.0 Å². The minimum atomic E-state index is -0.742. The fourth-order valence-corrected chi connectivity index (χ4v) is 4.77. The van der Waals surface area contributed by atoms with Gasteiger partial charge in [0.2, 0.25) is 0 Å². The summed E-state index contributed by atoms with van der Waals surface area (Å²) in [6, 6.07) is 17.3. The first kappa shape index (κ1) is 21.9. The van der Waals surface area contributed by atoms with Crippen LogP contribution in [0.1, 0.15) is 46.9 Å². The van der Waals surface area contributed by atoms with Crippen LogP contribution >= 0.6 is 0 Å². The number of nitrogens with zero attached hydrogens (tertiary/aromatic N) is 1. The Hall–Kier alpha value is -3.97. The van der Waals surface area contributed by atoms with Crippen molar-refractivity contribution < 1.29 is 35.2 Å². The highest BCUT2D eigenvalue weighted by atomic mass is 35.5. The lowest BCUT2D eigenvalue weighted by Gasteiger charge is -2.32. The fourth-order valence-electron chi connectivity index (χ4n) is 4.77. The summed E-state index contributed by atoms with van der Waals surface area (Å²) < 4.78 is 16.8. The predicted molar refractivity (Wildman–Crippen MR) is 120 cm³/mol. The van der Waals surface area contributed by atoms with Crippen molar-refractivity contribution in [3.8, 4) is 0 Å². The summed E-state index contributed by atoms with van der Waals surface area (Å²) in [6.45, 7) is 0. The molecule has 3 aromatic heterocycles. The predicted octanol–water partition coefficient (Wildman–Crippen LogP) is 2.68. The monoisotopic (exact) mass is 475 g/mol. The van der Waals surface area contributed by atoms with E-state index in [0.717, 1.165) is 17.1 Å². The summed E-state index contributed by atoms with van der Waals surface area (Å²) in [7, 11) is 0. The Morgan fingerprint density at radius 2 is 1.56 bits per heavy atom. The van der Waals surface area contributed by atoms with Gasteiger partial charge in [0, 0.05) is 23.6 Å². The normalized spacial score (nSPS) is 19.5. The van der Waals surface area contributed by atoms with E-state index in [4.69, 9.17) is 13.3 Å². The summed E-state index contributed by atoms with van der Waals surface area (Å²) >= 11 is 0. The number of allylic oxidation sites excluding steroid dienone is 1. The molecule has 0 saturated carbocycles. The molecule has 6 rings (SSSR count). The molecule has 2 aliphatic rings. The molecular weight excluding hydrogens is 456 g/mol. The molecule has 7 nitrogen and oxygen atoms in total. The second kappa shape index (κ2) is 8.76. The Bertz CT molecular complexity index is 1340. The maximum Gasteiger partial charge on any atom is 0.294 e. The number of para-hydroxylation sites is 2. The second-order valence-electron chi connectivity index (χ2n) is 8.15. The van der Waals surface area contributed by atoms with Gasteiger partial charge in [-0.2, -0.15) is 0 Å². The lowest BCUT2D eigenvalue weighted by molar-refractivity contribution is -0.116. The molecular formula is C26H20ClN2O5-. The number of halogens is 1. The van der Waals surface area contributed by atoms with Gasteiger partial charge >= 0.3 is 0 Å². The van der Waals surface area contributed by atoms with E-state index in [1.54, 1.807) is 41.7 Å². The Morgan fingerprint density at radius 1 is 0.853 bits per heavy atom. The number of carbonyl (C=O) groups excluding carboxylic acids is 2. The van der Waals surface area contributed by atoms with Crippen molar-refractivity contribution in [3.05, 3.63) is 108 Å². The lowest BCUT2D eigenvalue weighted by atomic mass is 9.81. The third-order valence-corrected chi connectivity index (χ3v) is 6.20. The summed E-state index contributed by atoms with van der Waals surface area (Å²) in [4.78, 5) is 29.0. The van der Waals surface area contributed by atoms with Gasteiger partial charge in [0.15, 0.2) is 11.5 Å². The van der Waals surface area contributed by atoms with Gasteiger partial charge in [-0.1, -0.05) is 12.1 Å². The van der Waals surface area contributed by atoms with Crippen LogP contribution in [-0.2, 0) is 4.79 Å². The summed E-state index contributed by atoms with van der Waals surface area (Å²) in [5.41, 5.74) is 2.64. The molecule has 8 heteroatoms. The van der Waals surface area contributed by atoms with Crippen molar-refractivity contribution in [3.63, 3.8) is 0 Å². The number of Topliss-reactive ketones (excluding diaryl/α,β-unsaturated/α-hetero) is 1. The van der Waals surface area contributed by atoms with E-state index in [-0.39, 0.29) is 42.2 Å². The highest BCUT2D eigenvalue weighted by Gasteiger charge is 2.43. The first-order chi connectivity index (χ1) is 16.2. The van der Waals surface area contributed by atoms with Crippen molar-refractivity contribution in [2.45, 2.75) is 24.8 Å². The Balaban J connectivity index is 0.00000241. The van der Waals surface area contributed by atoms with Gasteiger partial charge in [-0.25, -0.2) is 0 Å². The summed E-state index contributed by atoms with van der Waals surface area (Å²) in [5, 5.41) is 3.46. The molecule has 0 radical (unpaired) electrons. The molecule has 172 valence electrons. The van der Waals surface area contributed by atoms with Crippen LogP contribution < -0.4 is 22.6 Å². The average Bonchev–Trinajstić information content (AvgIpc) is 3.61. The van der Waals surface area contributed by atoms with Crippen LogP contribution in [0.5, 0.6) is 0 Å². The van der Waals surface area contributed by atoms with E-state index in [1.165, 1.54) is 6.26 Å². The molecule has 0 bridgehead atoms. The molecule has 1 aliphatic carbocycles. The highest BCUT2D eigenvalue weighted by Crippen LogP contribution is 2.47. The number of rotatable bonds is 3. The Labute approximate surface area is 201 Å². The van der Waals surface area contributed by atoms with Gasteiger partial charge in [-0.3, -0.25) is 14.5 Å². The molecule has 1 aromatic carbocycles. The van der Waals surface area contributed by atoms with Gasteiger partial charge in [-0.05, 0) is 55.0 Å². The van der Waals surface area contributed by atoms with Crippen LogP contribution in [0.3, 0.4) is 0 Å². The number of benzene rings is 1. The van der Waals surface area contributed by atoms with Crippen LogP contribution in [0.4, 0.5) is 11.4 Å². The van der Waals surface area contributed by atoms with E-state index in [9.17, 15) is 9.59 Å². The first-order valence-corrected chi connectivity index (χ1v) is 10.8. The number of fused-ring (bicyclic) bond motifs is 1. The minimum Gasteiger partial charge on any atom is -1.00 e. The van der Waals surface area contributed by atoms with Gasteiger partial charge in [0.25, 0.3) is 5.91 Å². The minimum absolute atomic E-state index is 0. The molecule has 1 amide bonds. The van der Waals surface area contributed by atoms with E-state index >= 15 is 0 Å². The number of carbonyl (C=O) groups is 2. The first-order valence-electron chi connectivity index (χ1n) is 10.8. The molecule has 4 heterocycles. The largest absolute Gasteiger partial charge is 1.00 e. The van der Waals surface area contributed by atoms with E-state index in [0.29, 0.717) is 23.4 Å². The molecule has 1 N–H and O–H groups in total. The SMILES string of the molecule is O=C1CC(c2ccco2)CC2=C1C(c1ccco1)N(C(=O)c1ccco1)c1ccccc1N2.[Cl-]. The second-order valence-corrected chi connectivity index (χ2v) is 8.15. The van der Waals surface area contributed by atoms with Crippen LogP contribution in [0, 0.1) is 0 Å². The smallest absolute Gasteiger partial charge is 0.294 e. The van der Waals surface area contributed by atoms with E-state index < -0.39 is 6.04 Å². The van der Waals surface area contributed by atoms with Gasteiger partial charge in [0.1, 0.15) is 17.6 Å². The molecule has 4 aromatic rings. The number of hydrogen-bond acceptors (Lipinski definition) is 6. The fraction of sp³-hybridized carbons (Fsp3) is 0.154. The lowest BCUT2D eigenvalue weighted by Crippen LogP contribution is -3.00. The van der Waals surface area contributed by atoms with E-state index in [2.05, 4.69) is 5.32 Å². The quantitative estimate of drug-likeness (QED) is 0.490. The standard InChI is InChI=1S/C26H20N2O5.ClH/c29-20-15-16(21-8-3-11-31-21)14-18-24(20)25(22-9-4-12-32-22)28(26(30)23-10-5-13-33-23)19-7-2-1-6-17(19)27-18;/h1-13,16,25,27H,14-15H2;1H/p-1. The summed E-state index contributed by atoms with van der Waals surface area (Å²) in [6.07, 6.45) is 5.48. The van der Waals surface area contributed by atoms with Crippen LogP contribution in [0.2, 0.25) is 0 Å². The Kier molecular flexibility index (Phi) is 5.63. The maximum absolute atomic E-state index is 13.7. The third kappa shape index (κ3) is 3.54. The van der Waals surface area contributed by atoms with E-state index in [1.807, 2.05) is 36.4 Å².